The summed E-state index contributed by atoms with van der Waals surface area (Å²) in [4.78, 5) is 42.9. The molecule has 0 aliphatic heterocycles. The van der Waals surface area contributed by atoms with Gasteiger partial charge in [-0.2, -0.15) is 0 Å². The Morgan fingerprint density at radius 2 is 1.40 bits per heavy atom. The maximum absolute atomic E-state index is 11.1. The Morgan fingerprint density at radius 1 is 0.850 bits per heavy atom. The van der Waals surface area contributed by atoms with E-state index in [-0.39, 0.29) is 35.9 Å². The van der Waals surface area contributed by atoms with Crippen molar-refractivity contribution in [2.45, 2.75) is 13.8 Å². The lowest BCUT2D eigenvalue weighted by Crippen LogP contribution is -2.09. The van der Waals surface area contributed by atoms with Crippen LogP contribution in [0.4, 0.5) is 0 Å². The third kappa shape index (κ3) is 3.80. The number of carbonyl (C=O) groups is 4. The van der Waals surface area contributed by atoms with E-state index in [2.05, 4.69) is 9.47 Å². The van der Waals surface area contributed by atoms with Crippen molar-refractivity contribution in [3.8, 4) is 23.0 Å². The van der Waals surface area contributed by atoms with Crippen molar-refractivity contribution in [1.82, 2.24) is 0 Å². The van der Waals surface area contributed by atoms with E-state index in [0.29, 0.717) is 0 Å². The van der Waals surface area contributed by atoms with E-state index in [9.17, 15) is 19.2 Å². The standard InChI is InChI=1S/C12H10O8/c1-7(15)19-10-4-3-9(17-5-13)11(18-6-14)12(10)20-8(2)16/h3-6H,1-2H3. The lowest BCUT2D eigenvalue weighted by atomic mass is 10.2. The predicted octanol–water partition coefficient (Wildman–Crippen LogP) is 0.608. The number of benzene rings is 1. The van der Waals surface area contributed by atoms with Gasteiger partial charge in [-0.1, -0.05) is 0 Å². The molecule has 0 aromatic heterocycles. The fourth-order valence-corrected chi connectivity index (χ4v) is 1.31. The van der Waals surface area contributed by atoms with Gasteiger partial charge in [0.25, 0.3) is 12.9 Å². The Labute approximate surface area is 113 Å². The second kappa shape index (κ2) is 6.88. The second-order valence-electron chi connectivity index (χ2n) is 3.34. The monoisotopic (exact) mass is 282 g/mol. The fourth-order valence-electron chi connectivity index (χ4n) is 1.31. The summed E-state index contributed by atoms with van der Waals surface area (Å²) >= 11 is 0. The number of ether oxygens (including phenoxy) is 4. The van der Waals surface area contributed by atoms with Crippen molar-refractivity contribution in [2.75, 3.05) is 0 Å². The van der Waals surface area contributed by atoms with Crippen molar-refractivity contribution >= 4 is 24.9 Å². The molecule has 8 heteroatoms. The normalized spacial score (nSPS) is 9.30. The minimum absolute atomic E-state index is 0.0392. The van der Waals surface area contributed by atoms with Gasteiger partial charge < -0.3 is 18.9 Å². The van der Waals surface area contributed by atoms with Crippen LogP contribution in [-0.4, -0.2) is 24.9 Å². The van der Waals surface area contributed by atoms with Crippen LogP contribution in [0.1, 0.15) is 13.8 Å². The first-order valence-electron chi connectivity index (χ1n) is 5.24. The van der Waals surface area contributed by atoms with Crippen LogP contribution >= 0.6 is 0 Å². The van der Waals surface area contributed by atoms with E-state index < -0.39 is 11.9 Å². The van der Waals surface area contributed by atoms with Crippen LogP contribution in [0.2, 0.25) is 0 Å². The van der Waals surface area contributed by atoms with E-state index in [0.717, 1.165) is 13.8 Å². The Hall–Kier alpha value is -2.90. The highest BCUT2D eigenvalue weighted by molar-refractivity contribution is 5.77. The van der Waals surface area contributed by atoms with Crippen molar-refractivity contribution in [1.29, 1.82) is 0 Å². The molecule has 0 saturated carbocycles. The number of rotatable bonds is 6. The summed E-state index contributed by atoms with van der Waals surface area (Å²) in [5.74, 6) is -2.49. The van der Waals surface area contributed by atoms with Gasteiger partial charge in [0, 0.05) is 13.8 Å². The highest BCUT2D eigenvalue weighted by Gasteiger charge is 2.22. The Balaban J connectivity index is 3.41. The quantitative estimate of drug-likeness (QED) is 0.424. The smallest absolute Gasteiger partial charge is 0.308 e. The third-order valence-corrected chi connectivity index (χ3v) is 1.88. The fraction of sp³-hybridized carbons (Fsp3) is 0.167. The van der Waals surface area contributed by atoms with Gasteiger partial charge in [-0.3, -0.25) is 19.2 Å². The number of hydrogen-bond donors (Lipinski definition) is 0. The van der Waals surface area contributed by atoms with Crippen LogP contribution in [-0.2, 0) is 19.2 Å². The zero-order valence-electron chi connectivity index (χ0n) is 10.6. The lowest BCUT2D eigenvalue weighted by Gasteiger charge is -2.13. The second-order valence-corrected chi connectivity index (χ2v) is 3.34. The zero-order chi connectivity index (χ0) is 15.1. The molecule has 0 aliphatic carbocycles. The molecule has 1 rings (SSSR count). The number of hydrogen-bond acceptors (Lipinski definition) is 8. The van der Waals surface area contributed by atoms with E-state index in [4.69, 9.17) is 9.47 Å². The first-order valence-corrected chi connectivity index (χ1v) is 5.24. The molecular weight excluding hydrogens is 272 g/mol. The SMILES string of the molecule is CC(=O)Oc1ccc(OC=O)c(OC=O)c1OC(C)=O. The molecule has 1 aromatic rings. The van der Waals surface area contributed by atoms with E-state index >= 15 is 0 Å². The summed E-state index contributed by atoms with van der Waals surface area (Å²) in [6.07, 6.45) is 0. The summed E-state index contributed by atoms with van der Waals surface area (Å²) in [6.45, 7) is 2.36. The van der Waals surface area contributed by atoms with Crippen LogP contribution < -0.4 is 18.9 Å². The molecule has 0 saturated heterocycles. The maximum atomic E-state index is 11.1. The van der Waals surface area contributed by atoms with E-state index in [1.165, 1.54) is 12.1 Å². The molecule has 20 heavy (non-hydrogen) atoms. The minimum Gasteiger partial charge on any atom is -0.425 e. The largest absolute Gasteiger partial charge is 0.425 e. The molecule has 0 amide bonds. The van der Waals surface area contributed by atoms with E-state index in [1.54, 1.807) is 0 Å². The van der Waals surface area contributed by atoms with Crippen LogP contribution in [0.25, 0.3) is 0 Å². The molecule has 0 bridgehead atoms. The highest BCUT2D eigenvalue weighted by atomic mass is 16.6. The van der Waals surface area contributed by atoms with Gasteiger partial charge in [0.05, 0.1) is 0 Å². The Kier molecular flexibility index (Phi) is 5.21. The summed E-state index contributed by atoms with van der Waals surface area (Å²) < 4.78 is 18.8. The van der Waals surface area contributed by atoms with Gasteiger partial charge in [0.2, 0.25) is 11.5 Å². The molecule has 106 valence electrons. The van der Waals surface area contributed by atoms with Gasteiger partial charge in [-0.25, -0.2) is 0 Å². The van der Waals surface area contributed by atoms with Crippen molar-refractivity contribution in [3.63, 3.8) is 0 Å². The van der Waals surface area contributed by atoms with Crippen molar-refractivity contribution in [3.05, 3.63) is 12.1 Å². The summed E-state index contributed by atoms with van der Waals surface area (Å²) in [7, 11) is 0. The van der Waals surface area contributed by atoms with Gasteiger partial charge in [-0.15, -0.1) is 0 Å². The number of carbonyl (C=O) groups excluding carboxylic acids is 4. The van der Waals surface area contributed by atoms with Gasteiger partial charge in [0.15, 0.2) is 11.5 Å². The minimum atomic E-state index is -0.752. The molecule has 0 heterocycles. The average Bonchev–Trinajstić information content (AvgIpc) is 2.35. The van der Waals surface area contributed by atoms with Gasteiger partial charge in [-0.05, 0) is 12.1 Å². The zero-order valence-corrected chi connectivity index (χ0v) is 10.6. The topological polar surface area (TPSA) is 105 Å². The van der Waals surface area contributed by atoms with Gasteiger partial charge >= 0.3 is 11.9 Å². The average molecular weight is 282 g/mol. The molecule has 1 aromatic carbocycles. The molecule has 0 atom stereocenters. The molecule has 0 fully saturated rings. The summed E-state index contributed by atoms with van der Waals surface area (Å²) in [6, 6.07) is 2.43. The van der Waals surface area contributed by atoms with Gasteiger partial charge in [0.1, 0.15) is 0 Å². The highest BCUT2D eigenvalue weighted by Crippen LogP contribution is 2.44. The number of esters is 2. The van der Waals surface area contributed by atoms with Crippen LogP contribution in [0, 0.1) is 0 Å². The molecule has 0 unspecified atom stereocenters. The van der Waals surface area contributed by atoms with Crippen LogP contribution in [0.15, 0.2) is 12.1 Å². The molecule has 0 radical (unpaired) electrons. The molecule has 0 aliphatic rings. The molecule has 0 spiro atoms. The first kappa shape index (κ1) is 15.2. The molecule has 0 N–H and O–H groups in total. The maximum Gasteiger partial charge on any atom is 0.308 e. The van der Waals surface area contributed by atoms with Crippen LogP contribution in [0.3, 0.4) is 0 Å². The Bertz CT molecular complexity index is 549. The lowest BCUT2D eigenvalue weighted by molar-refractivity contribution is -0.135. The summed E-state index contributed by atoms with van der Waals surface area (Å²) in [5, 5.41) is 0. The Morgan fingerprint density at radius 3 is 1.90 bits per heavy atom. The van der Waals surface area contributed by atoms with Crippen molar-refractivity contribution < 1.29 is 38.1 Å². The molecule has 8 nitrogen and oxygen atoms in total. The summed E-state index contributed by atoms with van der Waals surface area (Å²) in [5.41, 5.74) is 0. The van der Waals surface area contributed by atoms with Crippen molar-refractivity contribution in [2.24, 2.45) is 0 Å². The predicted molar refractivity (Wildman–Crippen MR) is 62.4 cm³/mol. The molecular formula is C12H10O8. The van der Waals surface area contributed by atoms with E-state index in [1.807, 2.05) is 0 Å². The third-order valence-electron chi connectivity index (χ3n) is 1.88. The van der Waals surface area contributed by atoms with Crippen LogP contribution in [0.5, 0.6) is 23.0 Å². The first-order chi connectivity index (χ1) is 9.49.